The molecule has 0 aliphatic rings. The van der Waals surface area contributed by atoms with E-state index in [1.807, 2.05) is 0 Å². The van der Waals surface area contributed by atoms with E-state index in [4.69, 9.17) is 6.42 Å². The molecule has 1 nitrogen and oxygen atoms in total. The third-order valence-electron chi connectivity index (χ3n) is 0.227. The first-order valence-electron chi connectivity index (χ1n) is 1.35. The highest BCUT2D eigenvalue weighted by Crippen LogP contribution is 1.22. The molecule has 0 aliphatic carbocycles. The van der Waals surface area contributed by atoms with Crippen molar-refractivity contribution in [2.75, 3.05) is 6.54 Å². The molecule has 0 amide bonds. The summed E-state index contributed by atoms with van der Waals surface area (Å²) >= 11 is 0. The number of hydrogen-bond donors (Lipinski definition) is 1. The molecular weight excluding hydrogens is 65.0 g/mol. The maximum Gasteiger partial charge on any atom is 0.200 e. The molecule has 0 aromatic heterocycles. The molecular formula is C4H6N+. The fourth-order valence-corrected chi connectivity index (χ4v) is 0.0722. The van der Waals surface area contributed by atoms with Crippen LogP contribution in [-0.2, 0) is 0 Å². The molecule has 0 radical (unpaired) electrons. The van der Waals surface area contributed by atoms with E-state index in [1.54, 1.807) is 0 Å². The van der Waals surface area contributed by atoms with Crippen LogP contribution in [0.2, 0.25) is 0 Å². The minimum absolute atomic E-state index is 0.556. The van der Waals surface area contributed by atoms with Crippen molar-refractivity contribution in [3.63, 3.8) is 0 Å². The Bertz CT molecular complexity index is 58.5. The summed E-state index contributed by atoms with van der Waals surface area (Å²) in [6.07, 6.45) is 4.79. The normalized spacial score (nSPS) is 5.40. The van der Waals surface area contributed by atoms with Crippen molar-refractivity contribution in [3.8, 4) is 12.3 Å². The van der Waals surface area contributed by atoms with E-state index in [0.717, 1.165) is 0 Å². The zero-order chi connectivity index (χ0) is 4.12. The molecule has 0 saturated carbocycles. The Morgan fingerprint density at radius 2 is 2.60 bits per heavy atom. The van der Waals surface area contributed by atoms with Crippen LogP contribution in [0.15, 0.2) is 0 Å². The van der Waals surface area contributed by atoms with E-state index < -0.39 is 0 Å². The minimum atomic E-state index is 0.556. The highest BCUT2D eigenvalue weighted by molar-refractivity contribution is 5.12. The van der Waals surface area contributed by atoms with Gasteiger partial charge in [-0.1, -0.05) is 0 Å². The topological polar surface area (TPSA) is 14.0 Å². The van der Waals surface area contributed by atoms with Crippen LogP contribution in [0.5, 0.6) is 0 Å². The predicted molar refractivity (Wildman–Crippen MR) is 21.8 cm³/mol. The van der Waals surface area contributed by atoms with Crippen molar-refractivity contribution in [1.29, 1.82) is 0 Å². The molecule has 0 bridgehead atoms. The second-order valence-electron chi connectivity index (χ2n) is 0.631. The summed E-state index contributed by atoms with van der Waals surface area (Å²) in [6, 6.07) is 0. The first-order chi connectivity index (χ1) is 2.41. The average molecular weight is 71.1 g/mol. The second kappa shape index (κ2) is 3.23. The summed E-state index contributed by atoms with van der Waals surface area (Å²) in [5.74, 6) is 2.34. The summed E-state index contributed by atoms with van der Waals surface area (Å²) in [6.45, 7) is 3.84. The van der Waals surface area contributed by atoms with Gasteiger partial charge in [0.1, 0.15) is 6.72 Å². The van der Waals surface area contributed by atoms with Gasteiger partial charge in [0.2, 0.25) is 6.54 Å². The third kappa shape index (κ3) is 3.23. The van der Waals surface area contributed by atoms with E-state index in [0.29, 0.717) is 6.54 Å². The summed E-state index contributed by atoms with van der Waals surface area (Å²) in [5, 5.41) is 0. The number of nitrogens with one attached hydrogen (secondary N) is 1. The van der Waals surface area contributed by atoms with Gasteiger partial charge in [0.15, 0.2) is 0 Å². The standard InChI is InChI=1S/C4H5N/c1-3-4-5-2/h1H,2,4H2/p+1/i1+1,3+1,4+1. The monoisotopic (exact) mass is 71.1 g/mol. The summed E-state index contributed by atoms with van der Waals surface area (Å²) in [4.78, 5) is 2.53. The fraction of sp³-hybridized carbons (Fsp3) is 0.250. The SMILES string of the molecule is C=[NH+][13CH2][13C]#[13CH]. The van der Waals surface area contributed by atoms with Crippen LogP contribution >= 0.6 is 0 Å². The lowest BCUT2D eigenvalue weighted by atomic mass is 11.5. The van der Waals surface area contributed by atoms with Gasteiger partial charge < -0.3 is 0 Å². The van der Waals surface area contributed by atoms with Crippen LogP contribution in [0.4, 0.5) is 0 Å². The Hall–Kier alpha value is -0.770. The Balaban J connectivity index is 2.75. The minimum Gasteiger partial charge on any atom is -0.243 e. The largest absolute Gasteiger partial charge is 0.243 e. The molecule has 0 atom stereocenters. The molecule has 0 aromatic rings. The van der Waals surface area contributed by atoms with Crippen molar-refractivity contribution in [3.05, 3.63) is 0 Å². The zero-order valence-corrected chi connectivity index (χ0v) is 2.99. The molecule has 0 saturated heterocycles. The summed E-state index contributed by atoms with van der Waals surface area (Å²) in [7, 11) is 0. The van der Waals surface area contributed by atoms with Gasteiger partial charge in [0.05, 0.1) is 0 Å². The molecule has 0 rings (SSSR count). The lowest BCUT2D eigenvalue weighted by molar-refractivity contribution is -0.431. The van der Waals surface area contributed by atoms with Gasteiger partial charge >= 0.3 is 0 Å². The van der Waals surface area contributed by atoms with E-state index in [2.05, 4.69) is 17.6 Å². The van der Waals surface area contributed by atoms with E-state index >= 15 is 0 Å². The first kappa shape index (κ1) is 4.23. The molecule has 0 fully saturated rings. The molecule has 1 N–H and O–H groups in total. The Morgan fingerprint density at radius 3 is 2.60 bits per heavy atom. The molecule has 0 heterocycles. The smallest absolute Gasteiger partial charge is 0.200 e. The maximum atomic E-state index is 4.79. The van der Waals surface area contributed by atoms with E-state index in [1.165, 1.54) is 0 Å². The van der Waals surface area contributed by atoms with Crippen molar-refractivity contribution in [2.45, 2.75) is 0 Å². The average Bonchev–Trinajstić information content (AvgIpc) is 1.41. The van der Waals surface area contributed by atoms with Gasteiger partial charge in [-0.05, 0) is 5.92 Å². The zero-order valence-electron chi connectivity index (χ0n) is 2.99. The maximum absolute atomic E-state index is 4.79. The van der Waals surface area contributed by atoms with Gasteiger partial charge in [0.25, 0.3) is 0 Å². The Labute approximate surface area is 31.7 Å². The molecule has 5 heavy (non-hydrogen) atoms. The number of terminal acetylenes is 1. The van der Waals surface area contributed by atoms with Crippen LogP contribution in [0.3, 0.4) is 0 Å². The van der Waals surface area contributed by atoms with Gasteiger partial charge in [-0.25, -0.2) is 4.99 Å². The quantitative estimate of drug-likeness (QED) is 0.217. The molecule has 0 spiro atoms. The second-order valence-corrected chi connectivity index (χ2v) is 0.631. The first-order valence-corrected chi connectivity index (χ1v) is 1.35. The van der Waals surface area contributed by atoms with Crippen LogP contribution in [-0.4, -0.2) is 13.3 Å². The van der Waals surface area contributed by atoms with Crippen molar-refractivity contribution < 1.29 is 4.99 Å². The van der Waals surface area contributed by atoms with Crippen LogP contribution in [0, 0.1) is 12.3 Å². The van der Waals surface area contributed by atoms with Crippen LogP contribution in [0.25, 0.3) is 0 Å². The number of rotatable bonds is 1. The van der Waals surface area contributed by atoms with Crippen LogP contribution in [0.1, 0.15) is 0 Å². The van der Waals surface area contributed by atoms with Crippen LogP contribution < -0.4 is 4.99 Å². The van der Waals surface area contributed by atoms with Gasteiger partial charge in [-0.3, -0.25) is 0 Å². The lowest BCUT2D eigenvalue weighted by Crippen LogP contribution is -2.65. The molecule has 26 valence electrons. The molecule has 0 unspecified atom stereocenters. The summed E-state index contributed by atoms with van der Waals surface area (Å²) < 4.78 is 0. The highest BCUT2D eigenvalue weighted by Gasteiger charge is 1.58. The van der Waals surface area contributed by atoms with Gasteiger partial charge in [0, 0.05) is 0 Å². The number of hydrogen-bond acceptors (Lipinski definition) is 0. The predicted octanol–water partition coefficient (Wildman–Crippen LogP) is -1.60. The summed E-state index contributed by atoms with van der Waals surface area (Å²) in [5.41, 5.74) is 0. The van der Waals surface area contributed by atoms with Crippen molar-refractivity contribution in [1.82, 2.24) is 0 Å². The Morgan fingerprint density at radius 1 is 2.00 bits per heavy atom. The van der Waals surface area contributed by atoms with Crippen molar-refractivity contribution in [2.24, 2.45) is 0 Å². The third-order valence-corrected chi connectivity index (χ3v) is 0.227. The van der Waals surface area contributed by atoms with Crippen molar-refractivity contribution >= 4 is 6.72 Å². The van der Waals surface area contributed by atoms with E-state index in [9.17, 15) is 0 Å². The molecule has 1 heteroatoms. The molecule has 0 aromatic carbocycles. The molecule has 0 aliphatic heterocycles. The van der Waals surface area contributed by atoms with Gasteiger partial charge in [-0.2, -0.15) is 0 Å². The lowest BCUT2D eigenvalue weighted by Gasteiger charge is -1.56. The fourth-order valence-electron chi connectivity index (χ4n) is 0.0722. The Kier molecular flexibility index (Phi) is 2.73. The van der Waals surface area contributed by atoms with Gasteiger partial charge in [-0.15, -0.1) is 6.42 Å². The highest BCUT2D eigenvalue weighted by atomic mass is 14.9. The van der Waals surface area contributed by atoms with E-state index in [-0.39, 0.29) is 0 Å².